The van der Waals surface area contributed by atoms with Gasteiger partial charge in [-0.25, -0.2) is 0 Å². The molecule has 0 saturated heterocycles. The molecule has 2 N–H and O–H groups in total. The van der Waals surface area contributed by atoms with Crippen molar-refractivity contribution in [2.75, 3.05) is 0 Å². The molecular weight excluding hydrogens is 314 g/mol. The quantitative estimate of drug-likeness (QED) is 0.799. The van der Waals surface area contributed by atoms with Gasteiger partial charge in [0.05, 0.1) is 5.52 Å². The number of aromatic nitrogens is 2. The van der Waals surface area contributed by atoms with E-state index in [2.05, 4.69) is 38.0 Å². The highest BCUT2D eigenvalue weighted by Gasteiger charge is 2.09. The third-order valence-electron chi connectivity index (χ3n) is 3.27. The van der Waals surface area contributed by atoms with Crippen molar-refractivity contribution in [1.29, 1.82) is 0 Å². The van der Waals surface area contributed by atoms with Gasteiger partial charge >= 0.3 is 0 Å². The molecule has 2 heterocycles. The average molecular weight is 328 g/mol. The molecule has 3 rings (SSSR count). The minimum absolute atomic E-state index is 0.0618. The van der Waals surface area contributed by atoms with Crippen molar-refractivity contribution in [2.45, 2.75) is 12.5 Å². The number of rotatable bonds is 3. The van der Waals surface area contributed by atoms with Crippen LogP contribution in [0, 0.1) is 0 Å². The van der Waals surface area contributed by atoms with Gasteiger partial charge in [0.1, 0.15) is 0 Å². The topological polar surface area (TPSA) is 51.8 Å². The maximum atomic E-state index is 6.28. The Morgan fingerprint density at radius 3 is 2.80 bits per heavy atom. The van der Waals surface area contributed by atoms with Gasteiger partial charge in [-0.15, -0.1) is 0 Å². The van der Waals surface area contributed by atoms with E-state index in [0.717, 1.165) is 33.1 Å². The molecule has 0 radical (unpaired) electrons. The Kier molecular flexibility index (Phi) is 3.76. The lowest BCUT2D eigenvalue weighted by Gasteiger charge is -2.12. The zero-order chi connectivity index (χ0) is 13.9. The first-order valence-electron chi connectivity index (χ1n) is 6.43. The molecule has 4 heteroatoms. The van der Waals surface area contributed by atoms with E-state index in [1.54, 1.807) is 12.4 Å². The number of pyridine rings is 2. The number of hydrogen-bond acceptors (Lipinski definition) is 3. The van der Waals surface area contributed by atoms with E-state index in [1.807, 2.05) is 30.3 Å². The molecule has 2 aromatic heterocycles. The Bertz CT molecular complexity index is 725. The predicted octanol–water partition coefficient (Wildman–Crippen LogP) is 3.63. The molecule has 0 spiro atoms. The maximum absolute atomic E-state index is 6.28. The number of halogens is 1. The standard InChI is InChI=1S/C16H14BrN3/c17-13-4-5-14(20-10-13)9-15(18)11-3-6-16-12(8-11)2-1-7-19-16/h1-8,10,15H,9,18H2. The van der Waals surface area contributed by atoms with E-state index < -0.39 is 0 Å². The van der Waals surface area contributed by atoms with Gasteiger partial charge in [-0.2, -0.15) is 0 Å². The van der Waals surface area contributed by atoms with E-state index in [9.17, 15) is 0 Å². The number of fused-ring (bicyclic) bond motifs is 1. The molecule has 3 nitrogen and oxygen atoms in total. The second kappa shape index (κ2) is 5.69. The minimum atomic E-state index is -0.0618. The number of nitrogens with two attached hydrogens (primary N) is 1. The summed E-state index contributed by atoms with van der Waals surface area (Å²) in [7, 11) is 0. The lowest BCUT2D eigenvalue weighted by atomic mass is 10.0. The van der Waals surface area contributed by atoms with Crippen molar-refractivity contribution in [3.63, 3.8) is 0 Å². The summed E-state index contributed by atoms with van der Waals surface area (Å²) >= 11 is 3.38. The van der Waals surface area contributed by atoms with Crippen LogP contribution in [0.4, 0.5) is 0 Å². The normalized spacial score (nSPS) is 12.5. The van der Waals surface area contributed by atoms with Gasteiger partial charge in [-0.3, -0.25) is 9.97 Å². The van der Waals surface area contributed by atoms with Gasteiger partial charge in [0.2, 0.25) is 0 Å². The fourth-order valence-electron chi connectivity index (χ4n) is 2.20. The van der Waals surface area contributed by atoms with Crippen molar-refractivity contribution < 1.29 is 0 Å². The third kappa shape index (κ3) is 2.86. The molecule has 1 aromatic carbocycles. The second-order valence-corrected chi connectivity index (χ2v) is 5.65. The smallest absolute Gasteiger partial charge is 0.0702 e. The van der Waals surface area contributed by atoms with E-state index >= 15 is 0 Å². The summed E-state index contributed by atoms with van der Waals surface area (Å²) < 4.78 is 0.978. The lowest BCUT2D eigenvalue weighted by Crippen LogP contribution is -2.14. The van der Waals surface area contributed by atoms with Crippen LogP contribution in [-0.4, -0.2) is 9.97 Å². The van der Waals surface area contributed by atoms with Crippen molar-refractivity contribution in [3.8, 4) is 0 Å². The van der Waals surface area contributed by atoms with Crippen LogP contribution in [0.25, 0.3) is 10.9 Å². The monoisotopic (exact) mass is 327 g/mol. The first-order valence-corrected chi connectivity index (χ1v) is 7.22. The van der Waals surface area contributed by atoms with E-state index in [0.29, 0.717) is 0 Å². The zero-order valence-electron chi connectivity index (χ0n) is 10.8. The first-order chi connectivity index (χ1) is 9.72. The highest BCUT2D eigenvalue weighted by Crippen LogP contribution is 2.20. The molecule has 0 aliphatic rings. The van der Waals surface area contributed by atoms with Crippen molar-refractivity contribution in [3.05, 3.63) is 70.6 Å². The first kappa shape index (κ1) is 13.2. The SMILES string of the molecule is NC(Cc1ccc(Br)cn1)c1ccc2ncccc2c1. The summed E-state index contributed by atoms with van der Waals surface area (Å²) in [6.07, 6.45) is 4.32. The van der Waals surface area contributed by atoms with Crippen LogP contribution in [0.1, 0.15) is 17.3 Å². The van der Waals surface area contributed by atoms with E-state index in [1.165, 1.54) is 0 Å². The lowest BCUT2D eigenvalue weighted by molar-refractivity contribution is 0.707. The number of hydrogen-bond donors (Lipinski definition) is 1. The molecule has 100 valence electrons. The Morgan fingerprint density at radius 1 is 1.10 bits per heavy atom. The Hall–Kier alpha value is -1.78. The number of benzene rings is 1. The van der Waals surface area contributed by atoms with Gasteiger partial charge in [0, 0.05) is 40.4 Å². The highest BCUT2D eigenvalue weighted by molar-refractivity contribution is 9.10. The zero-order valence-corrected chi connectivity index (χ0v) is 12.4. The third-order valence-corrected chi connectivity index (χ3v) is 3.74. The molecule has 0 aliphatic carbocycles. The Morgan fingerprint density at radius 2 is 2.00 bits per heavy atom. The summed E-state index contributed by atoms with van der Waals surface area (Å²) in [5.41, 5.74) is 9.37. The summed E-state index contributed by atoms with van der Waals surface area (Å²) in [5.74, 6) is 0. The molecule has 0 amide bonds. The molecule has 0 fully saturated rings. The molecule has 20 heavy (non-hydrogen) atoms. The van der Waals surface area contributed by atoms with Crippen LogP contribution >= 0.6 is 15.9 Å². The molecule has 0 saturated carbocycles. The summed E-state index contributed by atoms with van der Waals surface area (Å²) in [6, 6.07) is 14.1. The van der Waals surface area contributed by atoms with Gasteiger partial charge in [-0.05, 0) is 51.8 Å². The van der Waals surface area contributed by atoms with Crippen LogP contribution < -0.4 is 5.73 Å². The maximum Gasteiger partial charge on any atom is 0.0702 e. The van der Waals surface area contributed by atoms with Crippen molar-refractivity contribution in [1.82, 2.24) is 9.97 Å². The van der Waals surface area contributed by atoms with Crippen molar-refractivity contribution in [2.24, 2.45) is 5.73 Å². The largest absolute Gasteiger partial charge is 0.324 e. The van der Waals surface area contributed by atoms with Crippen molar-refractivity contribution >= 4 is 26.8 Å². The van der Waals surface area contributed by atoms with Crippen LogP contribution in [-0.2, 0) is 6.42 Å². The fourth-order valence-corrected chi connectivity index (χ4v) is 2.43. The minimum Gasteiger partial charge on any atom is -0.324 e. The summed E-state index contributed by atoms with van der Waals surface area (Å²) in [6.45, 7) is 0. The Balaban J connectivity index is 1.84. The molecule has 0 aliphatic heterocycles. The number of nitrogens with zero attached hydrogens (tertiary/aromatic N) is 2. The van der Waals surface area contributed by atoms with Gasteiger partial charge in [0.25, 0.3) is 0 Å². The molecule has 0 bridgehead atoms. The highest BCUT2D eigenvalue weighted by atomic mass is 79.9. The average Bonchev–Trinajstić information content (AvgIpc) is 2.49. The van der Waals surface area contributed by atoms with E-state index in [4.69, 9.17) is 5.73 Å². The molecule has 3 aromatic rings. The van der Waals surface area contributed by atoms with Crippen LogP contribution in [0.15, 0.2) is 59.3 Å². The van der Waals surface area contributed by atoms with E-state index in [-0.39, 0.29) is 6.04 Å². The molecule has 1 atom stereocenters. The summed E-state index contributed by atoms with van der Waals surface area (Å²) in [4.78, 5) is 8.68. The van der Waals surface area contributed by atoms with Crippen LogP contribution in [0.2, 0.25) is 0 Å². The molecular formula is C16H14BrN3. The second-order valence-electron chi connectivity index (χ2n) is 4.73. The summed E-state index contributed by atoms with van der Waals surface area (Å²) in [5, 5.41) is 1.12. The van der Waals surface area contributed by atoms with Crippen LogP contribution in [0.5, 0.6) is 0 Å². The molecule has 1 unspecified atom stereocenters. The Labute approximate surface area is 126 Å². The van der Waals surface area contributed by atoms with Crippen LogP contribution in [0.3, 0.4) is 0 Å². The predicted molar refractivity (Wildman–Crippen MR) is 84.3 cm³/mol. The van der Waals surface area contributed by atoms with Gasteiger partial charge in [-0.1, -0.05) is 12.1 Å². The fraction of sp³-hybridized carbons (Fsp3) is 0.125. The van der Waals surface area contributed by atoms with Gasteiger partial charge in [0.15, 0.2) is 0 Å². The van der Waals surface area contributed by atoms with Gasteiger partial charge < -0.3 is 5.73 Å².